The molecule has 2 atom stereocenters. The van der Waals surface area contributed by atoms with E-state index in [-0.39, 0.29) is 0 Å². The molecule has 2 heteroatoms. The first-order valence-electron chi connectivity index (χ1n) is 6.51. The van der Waals surface area contributed by atoms with Gasteiger partial charge in [-0.2, -0.15) is 0 Å². The van der Waals surface area contributed by atoms with Crippen molar-refractivity contribution in [1.29, 1.82) is 0 Å². The van der Waals surface area contributed by atoms with Crippen molar-refractivity contribution in [2.75, 3.05) is 0 Å². The van der Waals surface area contributed by atoms with Crippen LogP contribution in [0.1, 0.15) is 50.7 Å². The molecule has 2 nitrogen and oxygen atoms in total. The van der Waals surface area contributed by atoms with Crippen LogP contribution in [-0.2, 0) is 0 Å². The van der Waals surface area contributed by atoms with Gasteiger partial charge in [0, 0.05) is 0 Å². The van der Waals surface area contributed by atoms with E-state index in [0.29, 0.717) is 11.8 Å². The van der Waals surface area contributed by atoms with Gasteiger partial charge in [-0.3, -0.25) is 0 Å². The van der Waals surface area contributed by atoms with Gasteiger partial charge in [0.05, 0.1) is 0 Å². The quantitative estimate of drug-likeness (QED) is 0.763. The lowest BCUT2D eigenvalue weighted by atomic mass is 9.82. The lowest BCUT2D eigenvalue weighted by Gasteiger charge is -2.23. The molecule has 0 spiro atoms. The fourth-order valence-corrected chi connectivity index (χ4v) is 2.64. The van der Waals surface area contributed by atoms with Gasteiger partial charge in [0.15, 0.2) is 12.0 Å². The maximum atomic E-state index is 5.41. The van der Waals surface area contributed by atoms with Gasteiger partial charge in [0.1, 0.15) is 5.52 Å². The van der Waals surface area contributed by atoms with Crippen LogP contribution in [0.3, 0.4) is 0 Å². The monoisotopic (exact) mass is 231 g/mol. The van der Waals surface area contributed by atoms with Crippen LogP contribution in [-0.4, -0.2) is 4.98 Å². The Morgan fingerprint density at radius 1 is 1.24 bits per heavy atom. The molecule has 0 radical (unpaired) electrons. The number of hydrogen-bond acceptors (Lipinski definition) is 2. The first-order chi connectivity index (χ1) is 8.17. The molecule has 0 N–H and O–H groups in total. The predicted molar refractivity (Wildman–Crippen MR) is 71.2 cm³/mol. The molecule has 1 heterocycles. The predicted octanol–water partition coefficient (Wildman–Crippen LogP) is 4.68. The van der Waals surface area contributed by atoms with Gasteiger partial charge in [0.25, 0.3) is 0 Å². The summed E-state index contributed by atoms with van der Waals surface area (Å²) in [6.07, 6.45) is 3.92. The average molecular weight is 231 g/mol. The molecule has 0 fully saturated rings. The summed E-state index contributed by atoms with van der Waals surface area (Å²) in [6, 6.07) is 4.32. The largest absolute Gasteiger partial charge is 0.443 e. The zero-order chi connectivity index (χ0) is 12.4. The Morgan fingerprint density at radius 2 is 2.00 bits per heavy atom. The van der Waals surface area contributed by atoms with Gasteiger partial charge < -0.3 is 4.42 Å². The fraction of sp³-hybridized carbons (Fsp3) is 0.533. The lowest BCUT2D eigenvalue weighted by molar-refractivity contribution is 0.433. The van der Waals surface area contributed by atoms with Gasteiger partial charge in [-0.1, -0.05) is 27.2 Å². The van der Waals surface area contributed by atoms with E-state index in [9.17, 15) is 0 Å². The van der Waals surface area contributed by atoms with Crippen LogP contribution < -0.4 is 0 Å². The second-order valence-corrected chi connectivity index (χ2v) is 4.93. The van der Waals surface area contributed by atoms with Crippen LogP contribution in [0.25, 0.3) is 11.1 Å². The number of aryl methyl sites for hydroxylation is 1. The summed E-state index contributed by atoms with van der Waals surface area (Å²) in [5.41, 5.74) is 4.63. The van der Waals surface area contributed by atoms with Crippen LogP contribution in [0, 0.1) is 12.8 Å². The Hall–Kier alpha value is -1.31. The standard InChI is InChI=1S/C15H21NO/c1-5-10(3)12(6-2)13-8-15-14(7-11(13)4)16-9-17-15/h7-10,12H,5-6H2,1-4H3. The molecule has 1 aromatic heterocycles. The molecular formula is C15H21NO. The maximum Gasteiger partial charge on any atom is 0.181 e. The van der Waals surface area contributed by atoms with Crippen molar-refractivity contribution in [2.24, 2.45) is 5.92 Å². The Kier molecular flexibility index (Phi) is 3.51. The van der Waals surface area contributed by atoms with E-state index >= 15 is 0 Å². The van der Waals surface area contributed by atoms with Crippen LogP contribution in [0.15, 0.2) is 22.9 Å². The number of oxazole rings is 1. The third-order valence-corrected chi connectivity index (χ3v) is 3.89. The van der Waals surface area contributed by atoms with Crippen molar-refractivity contribution < 1.29 is 4.42 Å². The number of benzene rings is 1. The smallest absolute Gasteiger partial charge is 0.181 e. The van der Waals surface area contributed by atoms with Gasteiger partial charge >= 0.3 is 0 Å². The average Bonchev–Trinajstić information content (AvgIpc) is 2.76. The summed E-state index contributed by atoms with van der Waals surface area (Å²) in [4.78, 5) is 4.20. The minimum Gasteiger partial charge on any atom is -0.443 e. The Morgan fingerprint density at radius 3 is 2.65 bits per heavy atom. The Labute approximate surface area is 103 Å². The van der Waals surface area contributed by atoms with E-state index in [1.54, 1.807) is 0 Å². The molecule has 0 amide bonds. The van der Waals surface area contributed by atoms with E-state index < -0.39 is 0 Å². The second-order valence-electron chi connectivity index (χ2n) is 4.93. The zero-order valence-corrected chi connectivity index (χ0v) is 11.2. The molecule has 17 heavy (non-hydrogen) atoms. The first-order valence-corrected chi connectivity index (χ1v) is 6.51. The van der Waals surface area contributed by atoms with E-state index in [4.69, 9.17) is 4.42 Å². The van der Waals surface area contributed by atoms with Gasteiger partial charge in [0.2, 0.25) is 0 Å². The van der Waals surface area contributed by atoms with Crippen molar-refractivity contribution >= 4 is 11.1 Å². The normalized spacial score (nSPS) is 15.1. The molecule has 0 saturated heterocycles. The van der Waals surface area contributed by atoms with Crippen LogP contribution >= 0.6 is 0 Å². The van der Waals surface area contributed by atoms with Crippen molar-refractivity contribution in [3.8, 4) is 0 Å². The number of fused-ring (bicyclic) bond motifs is 1. The molecule has 0 aliphatic heterocycles. The second kappa shape index (κ2) is 4.91. The highest BCUT2D eigenvalue weighted by Gasteiger charge is 2.19. The summed E-state index contributed by atoms with van der Waals surface area (Å²) in [7, 11) is 0. The lowest BCUT2D eigenvalue weighted by Crippen LogP contribution is -2.09. The van der Waals surface area contributed by atoms with Crippen LogP contribution in [0.2, 0.25) is 0 Å². The van der Waals surface area contributed by atoms with Crippen molar-refractivity contribution in [3.05, 3.63) is 29.7 Å². The number of hydrogen-bond donors (Lipinski definition) is 0. The summed E-state index contributed by atoms with van der Waals surface area (Å²) < 4.78 is 5.41. The minimum absolute atomic E-state index is 0.620. The Balaban J connectivity index is 2.48. The highest BCUT2D eigenvalue weighted by atomic mass is 16.3. The number of rotatable bonds is 4. The third kappa shape index (κ3) is 2.21. The molecule has 2 rings (SSSR count). The number of nitrogens with zero attached hydrogens (tertiary/aromatic N) is 1. The summed E-state index contributed by atoms with van der Waals surface area (Å²) in [6.45, 7) is 9.03. The fourth-order valence-electron chi connectivity index (χ4n) is 2.64. The number of aromatic nitrogens is 1. The van der Waals surface area contributed by atoms with Gasteiger partial charge in [-0.15, -0.1) is 0 Å². The van der Waals surface area contributed by atoms with Crippen LogP contribution in [0.4, 0.5) is 0 Å². The maximum absolute atomic E-state index is 5.41. The molecule has 0 aliphatic carbocycles. The molecule has 92 valence electrons. The molecule has 1 aromatic carbocycles. The van der Waals surface area contributed by atoms with Crippen LogP contribution in [0.5, 0.6) is 0 Å². The highest BCUT2D eigenvalue weighted by molar-refractivity contribution is 5.74. The van der Waals surface area contributed by atoms with Crippen molar-refractivity contribution in [1.82, 2.24) is 4.98 Å². The van der Waals surface area contributed by atoms with Crippen molar-refractivity contribution in [3.63, 3.8) is 0 Å². The molecular weight excluding hydrogens is 210 g/mol. The van der Waals surface area contributed by atoms with Gasteiger partial charge in [-0.25, -0.2) is 4.98 Å². The highest BCUT2D eigenvalue weighted by Crippen LogP contribution is 2.34. The summed E-state index contributed by atoms with van der Waals surface area (Å²) in [5.74, 6) is 1.33. The van der Waals surface area contributed by atoms with E-state index in [1.807, 2.05) is 0 Å². The SMILES string of the molecule is CCC(C)C(CC)c1cc2ocnc2cc1C. The minimum atomic E-state index is 0.620. The molecule has 0 bridgehead atoms. The first kappa shape index (κ1) is 12.2. The van der Waals surface area contributed by atoms with E-state index in [1.165, 1.54) is 30.4 Å². The molecule has 2 aromatic rings. The zero-order valence-electron chi connectivity index (χ0n) is 11.2. The van der Waals surface area contributed by atoms with Crippen molar-refractivity contribution in [2.45, 2.75) is 46.5 Å². The Bertz CT molecular complexity index is 501. The summed E-state index contributed by atoms with van der Waals surface area (Å²) in [5, 5.41) is 0. The van der Waals surface area contributed by atoms with E-state index in [0.717, 1.165) is 11.1 Å². The topological polar surface area (TPSA) is 26.0 Å². The molecule has 0 saturated carbocycles. The summed E-state index contributed by atoms with van der Waals surface area (Å²) >= 11 is 0. The molecule has 2 unspecified atom stereocenters. The van der Waals surface area contributed by atoms with Gasteiger partial charge in [-0.05, 0) is 48.4 Å². The molecule has 0 aliphatic rings. The van der Waals surface area contributed by atoms with E-state index in [2.05, 4.69) is 44.8 Å². The third-order valence-electron chi connectivity index (χ3n) is 3.89.